The van der Waals surface area contributed by atoms with Crippen molar-refractivity contribution in [3.05, 3.63) is 23.8 Å². The van der Waals surface area contributed by atoms with Crippen molar-refractivity contribution < 1.29 is 23.0 Å². The predicted octanol–water partition coefficient (Wildman–Crippen LogP) is 2.86. The summed E-state index contributed by atoms with van der Waals surface area (Å²) >= 11 is 0. The lowest BCUT2D eigenvalue weighted by Gasteiger charge is -2.27. The summed E-state index contributed by atoms with van der Waals surface area (Å²) in [7, 11) is 0. The summed E-state index contributed by atoms with van der Waals surface area (Å²) in [5, 5.41) is 0. The van der Waals surface area contributed by atoms with Crippen LogP contribution in [0, 0.1) is 5.92 Å². The van der Waals surface area contributed by atoms with Crippen molar-refractivity contribution in [2.75, 3.05) is 13.2 Å². The number of ether oxygens (including phenoxy) is 3. The van der Waals surface area contributed by atoms with Crippen LogP contribution in [0.1, 0.15) is 24.4 Å². The van der Waals surface area contributed by atoms with Crippen LogP contribution in [0.15, 0.2) is 18.2 Å². The second-order valence-electron chi connectivity index (χ2n) is 4.85. The van der Waals surface area contributed by atoms with Crippen LogP contribution in [0.2, 0.25) is 0 Å². The van der Waals surface area contributed by atoms with Crippen LogP contribution in [0.5, 0.6) is 11.5 Å². The normalized spacial score (nSPS) is 22.1. The second kappa shape index (κ2) is 5.71. The molecule has 1 atom stereocenters. The van der Waals surface area contributed by atoms with Gasteiger partial charge in [-0.3, -0.25) is 0 Å². The molecule has 1 aromatic rings. The molecule has 2 N–H and O–H groups in total. The molecule has 1 aromatic carbocycles. The van der Waals surface area contributed by atoms with Crippen LogP contribution in [0.4, 0.5) is 8.78 Å². The molecule has 0 saturated carbocycles. The third kappa shape index (κ3) is 2.97. The molecule has 0 spiro atoms. The molecule has 0 bridgehead atoms. The van der Waals surface area contributed by atoms with E-state index in [1.54, 1.807) is 6.07 Å². The minimum atomic E-state index is -3.58. The molecule has 0 unspecified atom stereocenters. The zero-order valence-electron chi connectivity index (χ0n) is 10.7. The lowest BCUT2D eigenvalue weighted by atomic mass is 9.88. The lowest BCUT2D eigenvalue weighted by Crippen LogP contribution is -2.27. The highest BCUT2D eigenvalue weighted by atomic mass is 35.5. The van der Waals surface area contributed by atoms with E-state index in [9.17, 15) is 8.78 Å². The fourth-order valence-electron chi connectivity index (χ4n) is 2.52. The van der Waals surface area contributed by atoms with Gasteiger partial charge in [0.1, 0.15) is 0 Å². The van der Waals surface area contributed by atoms with Crippen molar-refractivity contribution in [3.63, 3.8) is 0 Å². The Hall–Kier alpha value is -1.11. The van der Waals surface area contributed by atoms with Gasteiger partial charge in [0.15, 0.2) is 11.5 Å². The summed E-state index contributed by atoms with van der Waals surface area (Å²) in [4.78, 5) is 0. The summed E-state index contributed by atoms with van der Waals surface area (Å²) in [5.74, 6) is 0.396. The molecule has 2 aliphatic rings. The van der Waals surface area contributed by atoms with Crippen molar-refractivity contribution in [2.24, 2.45) is 11.7 Å². The van der Waals surface area contributed by atoms with Crippen LogP contribution >= 0.6 is 12.4 Å². The first kappa shape index (κ1) is 15.3. The molecule has 3 rings (SSSR count). The Kier molecular flexibility index (Phi) is 4.36. The summed E-state index contributed by atoms with van der Waals surface area (Å²) in [5.41, 5.74) is 6.98. The SMILES string of the molecule is Cl.N[C@H](c1ccc2c(c1)OC(F)(F)O2)C1CCOCC1. The highest BCUT2D eigenvalue weighted by Gasteiger charge is 2.43. The van der Waals surface area contributed by atoms with E-state index in [4.69, 9.17) is 10.5 Å². The fraction of sp³-hybridized carbons (Fsp3) is 0.538. The van der Waals surface area contributed by atoms with Gasteiger partial charge in [0.25, 0.3) is 0 Å². The summed E-state index contributed by atoms with van der Waals surface area (Å²) < 4.78 is 39.9. The van der Waals surface area contributed by atoms with E-state index < -0.39 is 6.29 Å². The highest BCUT2D eigenvalue weighted by molar-refractivity contribution is 5.85. The first-order valence-corrected chi connectivity index (χ1v) is 6.28. The number of halogens is 3. The number of alkyl halides is 2. The maximum atomic E-state index is 12.9. The van der Waals surface area contributed by atoms with E-state index in [0.29, 0.717) is 19.1 Å². The van der Waals surface area contributed by atoms with Gasteiger partial charge in [0.2, 0.25) is 0 Å². The quantitative estimate of drug-likeness (QED) is 0.913. The maximum Gasteiger partial charge on any atom is 0.586 e. The van der Waals surface area contributed by atoms with Crippen LogP contribution < -0.4 is 15.2 Å². The smallest absolute Gasteiger partial charge is 0.395 e. The number of nitrogens with two attached hydrogens (primary N) is 1. The van der Waals surface area contributed by atoms with E-state index in [-0.39, 0.29) is 29.9 Å². The molecule has 1 saturated heterocycles. The van der Waals surface area contributed by atoms with Gasteiger partial charge in [-0.15, -0.1) is 21.2 Å². The van der Waals surface area contributed by atoms with E-state index in [1.807, 2.05) is 0 Å². The van der Waals surface area contributed by atoms with Crippen molar-refractivity contribution >= 4 is 12.4 Å². The zero-order valence-corrected chi connectivity index (χ0v) is 11.5. The Morgan fingerprint density at radius 3 is 2.50 bits per heavy atom. The minimum absolute atomic E-state index is 0. The molecule has 1 fully saturated rings. The Morgan fingerprint density at radius 1 is 1.15 bits per heavy atom. The van der Waals surface area contributed by atoms with Crippen LogP contribution in [0.3, 0.4) is 0 Å². The molecule has 2 heterocycles. The fourth-order valence-corrected chi connectivity index (χ4v) is 2.52. The van der Waals surface area contributed by atoms with Gasteiger partial charge in [-0.05, 0) is 36.5 Å². The zero-order chi connectivity index (χ0) is 13.5. The van der Waals surface area contributed by atoms with Gasteiger partial charge in [-0.25, -0.2) is 0 Å². The van der Waals surface area contributed by atoms with Crippen LogP contribution in [0.25, 0.3) is 0 Å². The van der Waals surface area contributed by atoms with Gasteiger partial charge >= 0.3 is 6.29 Å². The van der Waals surface area contributed by atoms with E-state index in [1.165, 1.54) is 12.1 Å². The number of hydrogen-bond donors (Lipinski definition) is 1. The molecule has 0 aliphatic carbocycles. The Labute approximate surface area is 121 Å². The van der Waals surface area contributed by atoms with E-state index >= 15 is 0 Å². The highest BCUT2D eigenvalue weighted by Crippen LogP contribution is 2.42. The van der Waals surface area contributed by atoms with Gasteiger partial charge in [-0.2, -0.15) is 0 Å². The van der Waals surface area contributed by atoms with Gasteiger partial charge < -0.3 is 19.9 Å². The van der Waals surface area contributed by atoms with Gasteiger partial charge in [-0.1, -0.05) is 6.07 Å². The molecule has 2 aliphatic heterocycles. The predicted molar refractivity (Wildman–Crippen MR) is 70.4 cm³/mol. The molecule has 0 amide bonds. The Bertz CT molecular complexity index is 481. The summed E-state index contributed by atoms with van der Waals surface area (Å²) in [6.45, 7) is 1.39. The minimum Gasteiger partial charge on any atom is -0.395 e. The monoisotopic (exact) mass is 307 g/mol. The van der Waals surface area contributed by atoms with Gasteiger partial charge in [0, 0.05) is 19.3 Å². The third-order valence-corrected chi connectivity index (χ3v) is 3.58. The third-order valence-electron chi connectivity index (χ3n) is 3.58. The Balaban J connectivity index is 0.00000147. The first-order chi connectivity index (χ1) is 9.05. The molecule has 7 heteroatoms. The molecule has 0 aromatic heterocycles. The molecule has 112 valence electrons. The van der Waals surface area contributed by atoms with E-state index in [0.717, 1.165) is 18.4 Å². The first-order valence-electron chi connectivity index (χ1n) is 6.28. The largest absolute Gasteiger partial charge is 0.586 e. The molecular formula is C13H16ClF2NO3. The van der Waals surface area contributed by atoms with E-state index in [2.05, 4.69) is 9.47 Å². The van der Waals surface area contributed by atoms with Crippen molar-refractivity contribution in [1.82, 2.24) is 0 Å². The van der Waals surface area contributed by atoms with Gasteiger partial charge in [0.05, 0.1) is 0 Å². The van der Waals surface area contributed by atoms with Crippen LogP contribution in [-0.4, -0.2) is 19.5 Å². The Morgan fingerprint density at radius 2 is 1.80 bits per heavy atom. The molecule has 4 nitrogen and oxygen atoms in total. The standard InChI is InChI=1S/C13H15F2NO3.ClH/c14-13(15)18-10-2-1-9(7-11(10)19-13)12(16)8-3-5-17-6-4-8;/h1-2,7-8,12H,3-6,16H2;1H/t12-;/m0./s1. The summed E-state index contributed by atoms with van der Waals surface area (Å²) in [6.07, 6.45) is -1.82. The second-order valence-corrected chi connectivity index (χ2v) is 4.85. The average Bonchev–Trinajstić information content (AvgIpc) is 2.71. The van der Waals surface area contributed by atoms with Crippen LogP contribution in [-0.2, 0) is 4.74 Å². The number of hydrogen-bond acceptors (Lipinski definition) is 4. The average molecular weight is 308 g/mol. The number of fused-ring (bicyclic) bond motifs is 1. The molecular weight excluding hydrogens is 292 g/mol. The van der Waals surface area contributed by atoms with Crippen molar-refractivity contribution in [1.29, 1.82) is 0 Å². The lowest BCUT2D eigenvalue weighted by molar-refractivity contribution is -0.286. The molecule has 0 radical (unpaired) electrons. The van der Waals surface area contributed by atoms with Crippen molar-refractivity contribution in [3.8, 4) is 11.5 Å². The van der Waals surface area contributed by atoms with Crippen molar-refractivity contribution in [2.45, 2.75) is 25.2 Å². The number of benzene rings is 1. The maximum absolute atomic E-state index is 12.9. The topological polar surface area (TPSA) is 53.7 Å². The number of rotatable bonds is 2. The summed E-state index contributed by atoms with van der Waals surface area (Å²) in [6, 6.07) is 4.53. The molecule has 20 heavy (non-hydrogen) atoms.